The molecule has 0 aliphatic carbocycles. The zero-order valence-corrected chi connectivity index (χ0v) is 15.7. The van der Waals surface area contributed by atoms with Gasteiger partial charge in [0, 0.05) is 12.7 Å². The van der Waals surface area contributed by atoms with Crippen molar-refractivity contribution >= 4 is 11.9 Å². The Hall–Kier alpha value is -3.48. The van der Waals surface area contributed by atoms with Crippen molar-refractivity contribution in [1.82, 2.24) is 9.97 Å². The molecule has 1 atom stereocenters. The summed E-state index contributed by atoms with van der Waals surface area (Å²) >= 11 is 0. The normalized spacial score (nSPS) is 16.0. The molecule has 1 aliphatic heterocycles. The number of carbonyl (C=O) groups is 1. The highest BCUT2D eigenvalue weighted by molar-refractivity contribution is 5.88. The van der Waals surface area contributed by atoms with Crippen LogP contribution in [0.5, 0.6) is 5.75 Å². The number of halogens is 1. The van der Waals surface area contributed by atoms with Crippen LogP contribution in [0, 0.1) is 5.82 Å². The highest BCUT2D eigenvalue weighted by Crippen LogP contribution is 2.34. The van der Waals surface area contributed by atoms with Gasteiger partial charge in [0.2, 0.25) is 5.95 Å². The Bertz CT molecular complexity index is 996. The van der Waals surface area contributed by atoms with Crippen molar-refractivity contribution in [2.24, 2.45) is 0 Å². The van der Waals surface area contributed by atoms with Crippen molar-refractivity contribution < 1.29 is 19.0 Å². The topological polar surface area (TPSA) is 75.5 Å². The third kappa shape index (κ3) is 4.18. The van der Waals surface area contributed by atoms with Crippen molar-refractivity contribution in [3.8, 4) is 5.75 Å². The highest BCUT2D eigenvalue weighted by Gasteiger charge is 2.29. The molecule has 4 rings (SSSR count). The number of carboxylic acid groups (broad SMARTS) is 1. The number of hydrogen-bond acceptors (Lipinski definition) is 5. The van der Waals surface area contributed by atoms with Crippen LogP contribution in [0.1, 0.15) is 40.5 Å². The first-order valence-corrected chi connectivity index (χ1v) is 9.41. The molecule has 0 amide bonds. The summed E-state index contributed by atoms with van der Waals surface area (Å²) in [7, 11) is 0. The summed E-state index contributed by atoms with van der Waals surface area (Å²) in [6, 6.07) is 15.8. The van der Waals surface area contributed by atoms with E-state index in [4.69, 9.17) is 4.74 Å². The van der Waals surface area contributed by atoms with Crippen molar-refractivity contribution in [3.63, 3.8) is 0 Å². The smallest absolute Gasteiger partial charge is 0.339 e. The second kappa shape index (κ2) is 8.26. The van der Waals surface area contributed by atoms with Gasteiger partial charge >= 0.3 is 5.97 Å². The van der Waals surface area contributed by atoms with E-state index < -0.39 is 5.97 Å². The van der Waals surface area contributed by atoms with Crippen LogP contribution in [0.4, 0.5) is 10.3 Å². The van der Waals surface area contributed by atoms with Crippen molar-refractivity contribution in [2.75, 3.05) is 11.4 Å². The molecule has 1 fully saturated rings. The lowest BCUT2D eigenvalue weighted by Gasteiger charge is -2.25. The molecule has 1 N–H and O–H groups in total. The lowest BCUT2D eigenvalue weighted by molar-refractivity contribution is 0.0692. The Morgan fingerprint density at radius 3 is 2.66 bits per heavy atom. The fourth-order valence-corrected chi connectivity index (χ4v) is 3.54. The van der Waals surface area contributed by atoms with E-state index in [-0.39, 0.29) is 29.7 Å². The Morgan fingerprint density at radius 1 is 1.17 bits per heavy atom. The molecule has 3 aromatic rings. The lowest BCUT2D eigenvalue weighted by Crippen LogP contribution is -2.25. The molecular formula is C22H20FN3O3. The molecule has 1 aliphatic rings. The minimum absolute atomic E-state index is 0.00804. The van der Waals surface area contributed by atoms with Gasteiger partial charge in [0.25, 0.3) is 0 Å². The van der Waals surface area contributed by atoms with E-state index in [1.807, 2.05) is 18.2 Å². The monoisotopic (exact) mass is 393 g/mol. The summed E-state index contributed by atoms with van der Waals surface area (Å²) in [5, 5.41) is 9.49. The fraction of sp³-hybridized carbons (Fsp3) is 0.227. The number of carboxylic acids is 1. The zero-order chi connectivity index (χ0) is 20.2. The van der Waals surface area contributed by atoms with Crippen molar-refractivity contribution in [2.45, 2.75) is 25.5 Å². The van der Waals surface area contributed by atoms with Crippen LogP contribution in [0.3, 0.4) is 0 Å². The Kier molecular flexibility index (Phi) is 5.37. The fourth-order valence-electron chi connectivity index (χ4n) is 3.54. The molecule has 0 radical (unpaired) electrons. The van der Waals surface area contributed by atoms with Gasteiger partial charge in [0.15, 0.2) is 0 Å². The lowest BCUT2D eigenvalue weighted by atomic mass is 10.1. The van der Waals surface area contributed by atoms with Gasteiger partial charge in [-0.25, -0.2) is 19.2 Å². The first-order valence-electron chi connectivity index (χ1n) is 9.41. The molecule has 0 spiro atoms. The number of ether oxygens (including phenoxy) is 1. The first-order chi connectivity index (χ1) is 14.1. The van der Waals surface area contributed by atoms with Gasteiger partial charge in [-0.1, -0.05) is 30.3 Å². The largest absolute Gasteiger partial charge is 0.487 e. The maximum Gasteiger partial charge on any atom is 0.339 e. The molecule has 29 heavy (non-hydrogen) atoms. The van der Waals surface area contributed by atoms with E-state index in [2.05, 4.69) is 27.0 Å². The van der Waals surface area contributed by atoms with Crippen LogP contribution in [0.2, 0.25) is 0 Å². The molecule has 6 nitrogen and oxygen atoms in total. The summed E-state index contributed by atoms with van der Waals surface area (Å²) in [6.45, 7) is 0.747. The predicted molar refractivity (Wildman–Crippen MR) is 105 cm³/mol. The van der Waals surface area contributed by atoms with Gasteiger partial charge in [-0.2, -0.15) is 0 Å². The van der Waals surface area contributed by atoms with Crippen molar-refractivity contribution in [1.29, 1.82) is 0 Å². The van der Waals surface area contributed by atoms with E-state index >= 15 is 0 Å². The molecule has 1 saturated heterocycles. The van der Waals surface area contributed by atoms with Crippen LogP contribution in [0.15, 0.2) is 60.8 Å². The number of benzene rings is 2. The Balaban J connectivity index is 1.60. The Morgan fingerprint density at radius 2 is 1.93 bits per heavy atom. The summed E-state index contributed by atoms with van der Waals surface area (Å²) < 4.78 is 18.7. The van der Waals surface area contributed by atoms with E-state index in [9.17, 15) is 14.3 Å². The molecule has 0 bridgehead atoms. The molecule has 148 valence electrons. The number of hydrogen-bond donors (Lipinski definition) is 1. The zero-order valence-electron chi connectivity index (χ0n) is 15.7. The van der Waals surface area contributed by atoms with E-state index in [0.29, 0.717) is 11.7 Å². The quantitative estimate of drug-likeness (QED) is 0.675. The second-order valence-corrected chi connectivity index (χ2v) is 6.84. The van der Waals surface area contributed by atoms with E-state index in [1.165, 1.54) is 36.0 Å². The first kappa shape index (κ1) is 18.9. The molecule has 2 aromatic carbocycles. The highest BCUT2D eigenvalue weighted by atomic mass is 19.1. The maximum absolute atomic E-state index is 13.1. The second-order valence-electron chi connectivity index (χ2n) is 6.84. The molecule has 2 heterocycles. The van der Waals surface area contributed by atoms with Crippen LogP contribution in [-0.2, 0) is 6.61 Å². The van der Waals surface area contributed by atoms with Crippen LogP contribution >= 0.6 is 0 Å². The summed E-state index contributed by atoms with van der Waals surface area (Å²) in [6.07, 6.45) is 3.31. The maximum atomic E-state index is 13.1. The SMILES string of the molecule is O=C(O)c1cnc(N2CCC[C@H]2c2ccccc2)nc1COc1ccc(F)cc1. The summed E-state index contributed by atoms with van der Waals surface area (Å²) in [4.78, 5) is 22.5. The minimum Gasteiger partial charge on any atom is -0.487 e. The van der Waals surface area contributed by atoms with Crippen molar-refractivity contribution in [3.05, 3.63) is 83.4 Å². The third-order valence-electron chi connectivity index (χ3n) is 4.97. The summed E-state index contributed by atoms with van der Waals surface area (Å²) in [5.41, 5.74) is 1.46. The molecule has 7 heteroatoms. The van der Waals surface area contributed by atoms with Crippen LogP contribution in [-0.4, -0.2) is 27.6 Å². The predicted octanol–water partition coefficient (Wildman–Crippen LogP) is 4.23. The number of rotatable bonds is 6. The molecule has 1 aromatic heterocycles. The molecule has 0 unspecified atom stereocenters. The van der Waals surface area contributed by atoms with Gasteiger partial charge in [0.05, 0.1) is 11.7 Å². The van der Waals surface area contributed by atoms with Gasteiger partial charge in [-0.15, -0.1) is 0 Å². The van der Waals surface area contributed by atoms with Gasteiger partial charge < -0.3 is 14.7 Å². The number of aromatic carboxylic acids is 1. The summed E-state index contributed by atoms with van der Waals surface area (Å²) in [5.74, 6) is -0.561. The van der Waals surface area contributed by atoms with Crippen LogP contribution < -0.4 is 9.64 Å². The Labute approximate surface area is 167 Å². The number of aromatic nitrogens is 2. The molecule has 0 saturated carbocycles. The standard InChI is InChI=1S/C22H20FN3O3/c23-16-8-10-17(11-9-16)29-14-19-18(21(27)28)13-24-22(25-19)26-12-4-7-20(26)15-5-2-1-3-6-15/h1-3,5-6,8-11,13,20H,4,7,12,14H2,(H,27,28)/t20-/m0/s1. The minimum atomic E-state index is -1.12. The van der Waals surface area contributed by atoms with E-state index in [1.54, 1.807) is 0 Å². The third-order valence-corrected chi connectivity index (χ3v) is 4.97. The van der Waals surface area contributed by atoms with E-state index in [0.717, 1.165) is 19.4 Å². The number of nitrogens with zero attached hydrogens (tertiary/aromatic N) is 3. The van der Waals surface area contributed by atoms with Gasteiger partial charge in [-0.05, 0) is 42.7 Å². The molecular weight excluding hydrogens is 373 g/mol. The van der Waals surface area contributed by atoms with Gasteiger partial charge in [0.1, 0.15) is 23.7 Å². The average Bonchev–Trinajstić information content (AvgIpc) is 3.23. The number of anilines is 1. The average molecular weight is 393 g/mol. The van der Waals surface area contributed by atoms with Gasteiger partial charge in [-0.3, -0.25) is 0 Å². The van der Waals surface area contributed by atoms with Crippen LogP contribution in [0.25, 0.3) is 0 Å².